The Morgan fingerprint density at radius 2 is 1.86 bits per heavy atom. The van der Waals surface area contributed by atoms with Crippen LogP contribution in [0, 0.1) is 11.6 Å². The minimum atomic E-state index is -3.85. The van der Waals surface area contributed by atoms with Crippen LogP contribution in [0.2, 0.25) is 5.02 Å². The van der Waals surface area contributed by atoms with Gasteiger partial charge in [-0.05, 0) is 48.9 Å². The van der Waals surface area contributed by atoms with Gasteiger partial charge in [0.1, 0.15) is 18.0 Å². The summed E-state index contributed by atoms with van der Waals surface area (Å²) in [4.78, 5) is 12.5. The number of carbonyl (C=O) groups excluding carboxylic acids is 1. The fourth-order valence-electron chi connectivity index (χ4n) is 2.78. The third-order valence-electron chi connectivity index (χ3n) is 4.18. The van der Waals surface area contributed by atoms with Crippen LogP contribution >= 0.6 is 11.6 Å². The van der Waals surface area contributed by atoms with Gasteiger partial charge in [-0.25, -0.2) is 17.2 Å². The van der Waals surface area contributed by atoms with Crippen LogP contribution in [-0.4, -0.2) is 27.2 Å². The van der Waals surface area contributed by atoms with Crippen LogP contribution in [0.5, 0.6) is 5.75 Å². The summed E-state index contributed by atoms with van der Waals surface area (Å²) in [6.07, 6.45) is 2.42. The number of hydrogen-bond donors (Lipinski definition) is 2. The maximum absolute atomic E-state index is 14.2. The Hall–Kier alpha value is -2.65. The van der Waals surface area contributed by atoms with E-state index < -0.39 is 39.3 Å². The summed E-state index contributed by atoms with van der Waals surface area (Å²) < 4.78 is 58.1. The van der Waals surface area contributed by atoms with Crippen molar-refractivity contribution >= 4 is 39.3 Å². The van der Waals surface area contributed by atoms with E-state index in [2.05, 4.69) is 5.32 Å². The second-order valence-corrected chi connectivity index (χ2v) is 8.75. The zero-order valence-electron chi connectivity index (χ0n) is 15.4. The van der Waals surface area contributed by atoms with Gasteiger partial charge in [0.25, 0.3) is 5.91 Å². The van der Waals surface area contributed by atoms with Crippen LogP contribution in [-0.2, 0) is 14.8 Å². The van der Waals surface area contributed by atoms with E-state index >= 15 is 0 Å². The Balaban J connectivity index is 1.78. The lowest BCUT2D eigenvalue weighted by molar-refractivity contribution is -0.118. The van der Waals surface area contributed by atoms with Gasteiger partial charge in [0.15, 0.2) is 11.6 Å². The number of anilines is 1. The van der Waals surface area contributed by atoms with Gasteiger partial charge < -0.3 is 10.1 Å². The average molecular weight is 443 g/mol. The molecule has 3 rings (SSSR count). The number of nitrogens with one attached hydrogen (secondary N) is 2. The van der Waals surface area contributed by atoms with E-state index in [-0.39, 0.29) is 12.2 Å². The minimum absolute atomic E-state index is 0.0348. The largest absolute Gasteiger partial charge is 0.488 e. The Bertz CT molecular complexity index is 1100. The number of fused-ring (bicyclic) bond motifs is 1. The molecule has 0 fully saturated rings. The normalized spacial score (nSPS) is 14.3. The molecule has 1 amide bonds. The fourth-order valence-corrected chi connectivity index (χ4v) is 3.52. The molecule has 2 aromatic carbocycles. The van der Waals surface area contributed by atoms with E-state index in [1.54, 1.807) is 35.9 Å². The van der Waals surface area contributed by atoms with E-state index in [1.165, 1.54) is 0 Å². The molecule has 1 aliphatic heterocycles. The number of hydrogen-bond acceptors (Lipinski definition) is 4. The molecular formula is C19H17ClF2N2O4S. The Morgan fingerprint density at radius 3 is 2.48 bits per heavy atom. The summed E-state index contributed by atoms with van der Waals surface area (Å²) >= 11 is 5.95. The van der Waals surface area contributed by atoms with Gasteiger partial charge in [0.2, 0.25) is 10.0 Å². The molecule has 0 bridgehead atoms. The van der Waals surface area contributed by atoms with Crippen molar-refractivity contribution in [1.82, 2.24) is 5.32 Å². The molecule has 10 heteroatoms. The van der Waals surface area contributed by atoms with Crippen molar-refractivity contribution in [1.29, 1.82) is 0 Å². The van der Waals surface area contributed by atoms with Crippen LogP contribution in [0.15, 0.2) is 35.9 Å². The highest BCUT2D eigenvalue weighted by atomic mass is 35.5. The maximum Gasteiger partial charge on any atom is 0.251 e. The predicted octanol–water partition coefficient (Wildman–Crippen LogP) is 3.64. The van der Waals surface area contributed by atoms with Crippen LogP contribution in [0.25, 0.3) is 6.08 Å². The van der Waals surface area contributed by atoms with E-state index in [0.29, 0.717) is 21.9 Å². The van der Waals surface area contributed by atoms with Crippen molar-refractivity contribution in [3.8, 4) is 5.75 Å². The third kappa shape index (κ3) is 5.04. The van der Waals surface area contributed by atoms with Crippen molar-refractivity contribution in [3.63, 3.8) is 0 Å². The zero-order chi connectivity index (χ0) is 21.3. The lowest BCUT2D eigenvalue weighted by atomic mass is 10.0. The molecule has 1 aliphatic rings. The summed E-state index contributed by atoms with van der Waals surface area (Å²) in [6.45, 7) is 1.58. The molecule has 1 heterocycles. The topological polar surface area (TPSA) is 84.5 Å². The second-order valence-electron chi connectivity index (χ2n) is 6.57. The molecular weight excluding hydrogens is 426 g/mol. The van der Waals surface area contributed by atoms with Crippen LogP contribution < -0.4 is 14.8 Å². The summed E-state index contributed by atoms with van der Waals surface area (Å²) in [6, 6.07) is 6.20. The Morgan fingerprint density at radius 1 is 1.21 bits per heavy atom. The molecule has 0 radical (unpaired) electrons. The first kappa shape index (κ1) is 21.1. The van der Waals surface area contributed by atoms with Crippen molar-refractivity contribution in [2.24, 2.45) is 0 Å². The molecule has 29 heavy (non-hydrogen) atoms. The van der Waals surface area contributed by atoms with Gasteiger partial charge in [-0.2, -0.15) is 0 Å². The predicted molar refractivity (Wildman–Crippen MR) is 106 cm³/mol. The van der Waals surface area contributed by atoms with Gasteiger partial charge in [0, 0.05) is 10.6 Å². The SMILES string of the molecule is C[C@@H](NC(=O)C1=Cc2cc(Cl)ccc2OC1)c1cc(F)c(NS(C)(=O)=O)c(F)c1. The highest BCUT2D eigenvalue weighted by Gasteiger charge is 2.21. The highest BCUT2D eigenvalue weighted by molar-refractivity contribution is 7.92. The summed E-state index contributed by atoms with van der Waals surface area (Å²) in [5.74, 6) is -2.05. The highest BCUT2D eigenvalue weighted by Crippen LogP contribution is 2.30. The first-order chi connectivity index (χ1) is 13.5. The molecule has 2 aromatic rings. The third-order valence-corrected chi connectivity index (χ3v) is 4.99. The number of carbonyl (C=O) groups is 1. The number of rotatable bonds is 5. The lowest BCUT2D eigenvalue weighted by Gasteiger charge is -2.20. The van der Waals surface area contributed by atoms with Crippen molar-refractivity contribution in [3.05, 3.63) is 63.7 Å². The zero-order valence-corrected chi connectivity index (χ0v) is 17.0. The monoisotopic (exact) mass is 442 g/mol. The number of sulfonamides is 1. The quantitative estimate of drug-likeness (QED) is 0.740. The van der Waals surface area contributed by atoms with Crippen LogP contribution in [0.1, 0.15) is 24.1 Å². The molecule has 0 saturated heterocycles. The van der Waals surface area contributed by atoms with Crippen molar-refractivity contribution in [2.75, 3.05) is 17.6 Å². The van der Waals surface area contributed by atoms with Crippen LogP contribution in [0.4, 0.5) is 14.5 Å². The van der Waals surface area contributed by atoms with E-state index in [1.807, 2.05) is 0 Å². The molecule has 1 atom stereocenters. The lowest BCUT2D eigenvalue weighted by Crippen LogP contribution is -2.31. The number of amides is 1. The first-order valence-electron chi connectivity index (χ1n) is 8.44. The molecule has 6 nitrogen and oxygen atoms in total. The van der Waals surface area contributed by atoms with Gasteiger partial charge >= 0.3 is 0 Å². The smallest absolute Gasteiger partial charge is 0.251 e. The van der Waals surface area contributed by atoms with Crippen molar-refractivity contribution < 1.29 is 26.7 Å². The summed E-state index contributed by atoms with van der Waals surface area (Å²) in [7, 11) is -3.85. The Kier molecular flexibility index (Phi) is 5.81. The first-order valence-corrected chi connectivity index (χ1v) is 10.7. The maximum atomic E-state index is 14.2. The summed E-state index contributed by atoms with van der Waals surface area (Å²) in [5.41, 5.74) is 0.331. The van der Waals surface area contributed by atoms with E-state index in [9.17, 15) is 22.0 Å². The number of ether oxygens (including phenoxy) is 1. The molecule has 0 aliphatic carbocycles. The second kappa shape index (κ2) is 8.00. The molecule has 0 saturated carbocycles. The average Bonchev–Trinajstić information content (AvgIpc) is 2.63. The standard InChI is InChI=1S/C19H17ClF2N2O4S/c1-10(11-7-15(21)18(16(22)8-11)24-29(2,26)27)23-19(25)13-5-12-6-14(20)3-4-17(12)28-9-13/h3-8,10,24H,9H2,1-2H3,(H,23,25)/t10-/m1/s1. The van der Waals surface area contributed by atoms with Crippen LogP contribution in [0.3, 0.4) is 0 Å². The fraction of sp³-hybridized carbons (Fsp3) is 0.211. The molecule has 154 valence electrons. The molecule has 0 aromatic heterocycles. The summed E-state index contributed by atoms with van der Waals surface area (Å²) in [5, 5.41) is 3.13. The number of benzene rings is 2. The van der Waals surface area contributed by atoms with Gasteiger partial charge in [-0.1, -0.05) is 11.6 Å². The molecule has 2 N–H and O–H groups in total. The molecule has 0 unspecified atom stereocenters. The van der Waals surface area contributed by atoms with Gasteiger partial charge in [-0.3, -0.25) is 9.52 Å². The Labute approximate surface area is 171 Å². The van der Waals surface area contributed by atoms with Gasteiger partial charge in [-0.15, -0.1) is 0 Å². The van der Waals surface area contributed by atoms with Gasteiger partial charge in [0.05, 0.1) is 17.9 Å². The minimum Gasteiger partial charge on any atom is -0.488 e. The molecule has 0 spiro atoms. The number of halogens is 3. The van der Waals surface area contributed by atoms with E-state index in [4.69, 9.17) is 16.3 Å². The van der Waals surface area contributed by atoms with Crippen molar-refractivity contribution in [2.45, 2.75) is 13.0 Å². The van der Waals surface area contributed by atoms with E-state index in [0.717, 1.165) is 18.4 Å².